The lowest BCUT2D eigenvalue weighted by Gasteiger charge is -2.15. The molecule has 0 radical (unpaired) electrons. The van der Waals surface area contributed by atoms with E-state index in [2.05, 4.69) is 35.9 Å². The molecule has 0 aromatic heterocycles. The van der Waals surface area contributed by atoms with Crippen LogP contribution in [0.1, 0.15) is 37.3 Å². The van der Waals surface area contributed by atoms with Crippen LogP contribution in [0.25, 0.3) is 39.5 Å². The summed E-state index contributed by atoms with van der Waals surface area (Å²) in [6.45, 7) is 2.17. The summed E-state index contributed by atoms with van der Waals surface area (Å²) in [5.74, 6) is -9.77. The van der Waals surface area contributed by atoms with Crippen molar-refractivity contribution in [2.45, 2.75) is 38.7 Å². The van der Waals surface area contributed by atoms with E-state index in [0.717, 1.165) is 41.7 Å². The first-order valence-corrected chi connectivity index (χ1v) is 14.8. The minimum atomic E-state index is -4.28. The molecular formula is C38H28F8O. The van der Waals surface area contributed by atoms with Gasteiger partial charge < -0.3 is 4.74 Å². The molecule has 0 saturated carbocycles. The van der Waals surface area contributed by atoms with E-state index in [9.17, 15) is 30.7 Å². The van der Waals surface area contributed by atoms with E-state index in [-0.39, 0.29) is 29.3 Å². The molecule has 5 aromatic rings. The normalized spacial score (nSPS) is 11.8. The van der Waals surface area contributed by atoms with Crippen LogP contribution in [0.5, 0.6) is 5.75 Å². The fourth-order valence-electron chi connectivity index (χ4n) is 5.09. The van der Waals surface area contributed by atoms with E-state index in [1.54, 1.807) is 6.07 Å². The van der Waals surface area contributed by atoms with Gasteiger partial charge in [-0.05, 0) is 70.5 Å². The zero-order valence-electron chi connectivity index (χ0n) is 25.1. The van der Waals surface area contributed by atoms with Crippen LogP contribution in [-0.4, -0.2) is 6.11 Å². The molecule has 0 heterocycles. The number of aryl methyl sites for hydroxylation is 1. The summed E-state index contributed by atoms with van der Waals surface area (Å²) in [7, 11) is 0. The van der Waals surface area contributed by atoms with Crippen molar-refractivity contribution in [1.29, 1.82) is 0 Å². The Morgan fingerprint density at radius 1 is 0.574 bits per heavy atom. The largest absolute Gasteiger partial charge is 0.429 e. The molecule has 47 heavy (non-hydrogen) atoms. The maximum atomic E-state index is 15.2. The van der Waals surface area contributed by atoms with Crippen molar-refractivity contribution in [3.8, 4) is 39.1 Å². The highest BCUT2D eigenvalue weighted by Gasteiger charge is 2.29. The van der Waals surface area contributed by atoms with Crippen molar-refractivity contribution in [2.75, 3.05) is 0 Å². The number of hydrogen-bond acceptors (Lipinski definition) is 1. The van der Waals surface area contributed by atoms with Gasteiger partial charge in [-0.3, -0.25) is 0 Å². The maximum absolute atomic E-state index is 15.2. The molecule has 0 amide bonds. The molecule has 0 saturated heterocycles. The van der Waals surface area contributed by atoms with Crippen molar-refractivity contribution in [3.63, 3.8) is 0 Å². The molecule has 5 aromatic carbocycles. The summed E-state index contributed by atoms with van der Waals surface area (Å²) < 4.78 is 117. The SMILES string of the molecule is CCCCCc1ccc(-c2ccc(-c3ccc(-c4cc(F)c(/C=C/C(F)(F)Oc5cc(F)c(F)c(F)c5)c(F)c4)c(F)c3)cc2)cc1. The highest BCUT2D eigenvalue weighted by molar-refractivity contribution is 5.74. The van der Waals surface area contributed by atoms with Gasteiger partial charge in [-0.1, -0.05) is 80.4 Å². The second kappa shape index (κ2) is 14.2. The van der Waals surface area contributed by atoms with Gasteiger partial charge in [0.1, 0.15) is 23.2 Å². The lowest BCUT2D eigenvalue weighted by atomic mass is 9.96. The van der Waals surface area contributed by atoms with Gasteiger partial charge in [0.05, 0.1) is 0 Å². The van der Waals surface area contributed by atoms with Crippen LogP contribution >= 0.6 is 0 Å². The maximum Gasteiger partial charge on any atom is 0.419 e. The number of alkyl halides is 2. The Hall–Kier alpha value is -4.92. The molecule has 9 heteroatoms. The van der Waals surface area contributed by atoms with Crippen LogP contribution < -0.4 is 4.74 Å². The van der Waals surface area contributed by atoms with Crippen LogP contribution in [0.4, 0.5) is 35.1 Å². The molecule has 0 atom stereocenters. The van der Waals surface area contributed by atoms with Gasteiger partial charge in [-0.15, -0.1) is 0 Å². The van der Waals surface area contributed by atoms with E-state index in [1.165, 1.54) is 30.5 Å². The van der Waals surface area contributed by atoms with E-state index in [1.807, 2.05) is 24.3 Å². The molecule has 0 spiro atoms. The van der Waals surface area contributed by atoms with Gasteiger partial charge in [0.15, 0.2) is 17.5 Å². The molecule has 0 aliphatic carbocycles. The molecule has 0 unspecified atom stereocenters. The highest BCUT2D eigenvalue weighted by atomic mass is 19.3. The van der Waals surface area contributed by atoms with Crippen LogP contribution in [0, 0.1) is 34.9 Å². The summed E-state index contributed by atoms with van der Waals surface area (Å²) in [4.78, 5) is 0. The number of benzene rings is 5. The second-order valence-electron chi connectivity index (χ2n) is 11.0. The molecule has 0 bridgehead atoms. The first-order valence-electron chi connectivity index (χ1n) is 14.8. The Morgan fingerprint density at radius 2 is 1.09 bits per heavy atom. The summed E-state index contributed by atoms with van der Waals surface area (Å²) in [5.41, 5.74) is 3.41. The Labute approximate surface area is 266 Å². The predicted molar refractivity (Wildman–Crippen MR) is 167 cm³/mol. The Kier molecular flexibility index (Phi) is 10.1. The van der Waals surface area contributed by atoms with Crippen molar-refractivity contribution < 1.29 is 39.9 Å². The van der Waals surface area contributed by atoms with Crippen LogP contribution in [0.2, 0.25) is 0 Å². The fourth-order valence-corrected chi connectivity index (χ4v) is 5.09. The number of hydrogen-bond donors (Lipinski definition) is 0. The van der Waals surface area contributed by atoms with Crippen LogP contribution in [0.3, 0.4) is 0 Å². The van der Waals surface area contributed by atoms with Crippen LogP contribution in [0.15, 0.2) is 97.1 Å². The van der Waals surface area contributed by atoms with E-state index < -0.39 is 52.3 Å². The smallest absolute Gasteiger partial charge is 0.419 e. The summed E-state index contributed by atoms with van der Waals surface area (Å²) >= 11 is 0. The van der Waals surface area contributed by atoms with E-state index >= 15 is 4.39 Å². The van der Waals surface area contributed by atoms with E-state index in [0.29, 0.717) is 11.6 Å². The highest BCUT2D eigenvalue weighted by Crippen LogP contribution is 2.33. The zero-order valence-corrected chi connectivity index (χ0v) is 25.1. The number of unbranched alkanes of at least 4 members (excludes halogenated alkanes) is 2. The number of ether oxygens (including phenoxy) is 1. The standard InChI is InChI=1S/C38H28F8O/c1-2-3-4-5-23-6-8-24(9-7-23)25-10-12-26(13-11-25)27-14-15-30(32(39)18-27)28-19-33(40)31(34(41)20-28)16-17-38(45,46)47-29-21-35(42)37(44)36(43)22-29/h6-22H,2-5H2,1H3/b17-16+. The minimum absolute atomic E-state index is 0.0440. The third kappa shape index (κ3) is 8.09. The van der Waals surface area contributed by atoms with Gasteiger partial charge in [-0.2, -0.15) is 8.78 Å². The molecule has 5 rings (SSSR count). The topological polar surface area (TPSA) is 9.23 Å². The second-order valence-corrected chi connectivity index (χ2v) is 11.0. The third-order valence-corrected chi connectivity index (χ3v) is 7.59. The quantitative estimate of drug-likeness (QED) is 0.0784. The monoisotopic (exact) mass is 652 g/mol. The van der Waals surface area contributed by atoms with E-state index in [4.69, 9.17) is 0 Å². The molecule has 0 aliphatic heterocycles. The lowest BCUT2D eigenvalue weighted by molar-refractivity contribution is -0.131. The average Bonchev–Trinajstić information content (AvgIpc) is 3.03. The molecule has 0 N–H and O–H groups in total. The Bertz CT molecular complexity index is 1850. The molecule has 242 valence electrons. The molecule has 1 nitrogen and oxygen atoms in total. The first-order chi connectivity index (χ1) is 22.4. The fraction of sp³-hybridized carbons (Fsp3) is 0.158. The van der Waals surface area contributed by atoms with Crippen molar-refractivity contribution in [2.24, 2.45) is 0 Å². The summed E-state index contributed by atoms with van der Waals surface area (Å²) in [6.07, 6.45) is 0.600. The zero-order chi connectivity index (χ0) is 33.7. The van der Waals surface area contributed by atoms with Crippen molar-refractivity contribution >= 4 is 6.08 Å². The van der Waals surface area contributed by atoms with Crippen molar-refractivity contribution in [3.05, 3.63) is 143 Å². The van der Waals surface area contributed by atoms with Crippen LogP contribution in [-0.2, 0) is 6.42 Å². The Morgan fingerprint density at radius 3 is 1.64 bits per heavy atom. The first kappa shape index (κ1) is 33.4. The average molecular weight is 653 g/mol. The summed E-state index contributed by atoms with van der Waals surface area (Å²) in [6, 6.07) is 22.1. The number of halogens is 8. The minimum Gasteiger partial charge on any atom is -0.429 e. The number of rotatable bonds is 11. The molecular weight excluding hydrogens is 624 g/mol. The molecule has 0 fully saturated rings. The van der Waals surface area contributed by atoms with Crippen molar-refractivity contribution in [1.82, 2.24) is 0 Å². The van der Waals surface area contributed by atoms with Gasteiger partial charge >= 0.3 is 6.11 Å². The van der Waals surface area contributed by atoms with Gasteiger partial charge in [0.25, 0.3) is 0 Å². The predicted octanol–water partition coefficient (Wildman–Crippen LogP) is 11.9. The third-order valence-electron chi connectivity index (χ3n) is 7.59. The Balaban J connectivity index is 1.30. The van der Waals surface area contributed by atoms with Gasteiger partial charge in [-0.25, -0.2) is 26.3 Å². The van der Waals surface area contributed by atoms with Gasteiger partial charge in [0.2, 0.25) is 0 Å². The molecule has 0 aliphatic rings. The lowest BCUT2D eigenvalue weighted by Crippen LogP contribution is -2.21. The summed E-state index contributed by atoms with van der Waals surface area (Å²) in [5, 5.41) is 0. The van der Waals surface area contributed by atoms with Gasteiger partial charge in [0, 0.05) is 29.3 Å².